The van der Waals surface area contributed by atoms with Gasteiger partial charge in [-0.2, -0.15) is 5.26 Å². The molecule has 2 aliphatic carbocycles. The predicted molar refractivity (Wildman–Crippen MR) is 94.3 cm³/mol. The Bertz CT molecular complexity index is 786. The maximum Gasteiger partial charge on any atom is 0.307 e. The molecule has 0 amide bonds. The highest BCUT2D eigenvalue weighted by Gasteiger charge is 2.83. The van der Waals surface area contributed by atoms with E-state index in [0.717, 1.165) is 5.56 Å². The van der Waals surface area contributed by atoms with Gasteiger partial charge in [0.25, 0.3) is 0 Å². The van der Waals surface area contributed by atoms with E-state index in [-0.39, 0.29) is 24.2 Å². The van der Waals surface area contributed by atoms with Crippen LogP contribution < -0.4 is 10.5 Å². The molecule has 2 fully saturated rings. The monoisotopic (exact) mass is 356 g/mol. The van der Waals surface area contributed by atoms with Crippen molar-refractivity contribution in [3.8, 4) is 11.8 Å². The number of ether oxygens (including phenoxy) is 1. The lowest BCUT2D eigenvalue weighted by molar-refractivity contribution is -0.142. The van der Waals surface area contributed by atoms with E-state index >= 15 is 0 Å². The predicted octanol–water partition coefficient (Wildman–Crippen LogP) is 2.02. The largest absolute Gasteiger partial charge is 0.497 e. The molecule has 0 bridgehead atoms. The van der Waals surface area contributed by atoms with Crippen LogP contribution in [0.3, 0.4) is 0 Å². The fourth-order valence-corrected chi connectivity index (χ4v) is 5.65. The quantitative estimate of drug-likeness (QED) is 0.773. The Morgan fingerprint density at radius 3 is 2.73 bits per heavy atom. The number of nitriles is 1. The number of carboxylic acids is 1. The van der Waals surface area contributed by atoms with E-state index in [9.17, 15) is 20.0 Å². The summed E-state index contributed by atoms with van der Waals surface area (Å²) in [6.07, 6.45) is 1.57. The van der Waals surface area contributed by atoms with Gasteiger partial charge in [-0.15, -0.1) is 0 Å². The summed E-state index contributed by atoms with van der Waals surface area (Å²) < 4.78 is 5.26. The van der Waals surface area contributed by atoms with Gasteiger partial charge in [-0.25, -0.2) is 0 Å². The van der Waals surface area contributed by atoms with Crippen molar-refractivity contribution in [1.29, 1.82) is 5.26 Å². The number of aliphatic carboxylic acids is 1. The molecule has 1 aromatic carbocycles. The second-order valence-corrected chi connectivity index (χ2v) is 7.35. The van der Waals surface area contributed by atoms with Crippen molar-refractivity contribution in [3.63, 3.8) is 0 Å². The molecule has 6 heteroatoms. The number of carboxylic acid groups (broad SMARTS) is 1. The zero-order valence-corrected chi connectivity index (χ0v) is 15.1. The summed E-state index contributed by atoms with van der Waals surface area (Å²) in [6, 6.07) is 9.82. The Morgan fingerprint density at radius 1 is 1.46 bits per heavy atom. The summed E-state index contributed by atoms with van der Waals surface area (Å²) in [6.45, 7) is 1.63. The number of methoxy groups -OCH3 is 1. The highest BCUT2D eigenvalue weighted by molar-refractivity contribution is 5.94. The van der Waals surface area contributed by atoms with Crippen molar-refractivity contribution >= 4 is 11.8 Å². The lowest BCUT2D eigenvalue weighted by Crippen LogP contribution is -2.48. The van der Waals surface area contributed by atoms with Crippen LogP contribution in [0.15, 0.2) is 24.3 Å². The summed E-state index contributed by atoms with van der Waals surface area (Å²) in [5.41, 5.74) is 4.49. The molecule has 3 N–H and O–H groups in total. The lowest BCUT2D eigenvalue weighted by Gasteiger charge is -2.37. The third kappa shape index (κ3) is 2.20. The summed E-state index contributed by atoms with van der Waals surface area (Å²) >= 11 is 0. The van der Waals surface area contributed by atoms with Crippen molar-refractivity contribution in [2.45, 2.75) is 26.2 Å². The number of fused-ring (bicyclic) bond motifs is 1. The Balaban J connectivity index is 2.03. The van der Waals surface area contributed by atoms with Gasteiger partial charge in [0.2, 0.25) is 0 Å². The van der Waals surface area contributed by atoms with Crippen molar-refractivity contribution in [2.24, 2.45) is 34.3 Å². The molecule has 0 radical (unpaired) electrons. The molecule has 26 heavy (non-hydrogen) atoms. The Kier molecular flexibility index (Phi) is 4.53. The molecule has 138 valence electrons. The van der Waals surface area contributed by atoms with E-state index in [1.165, 1.54) is 0 Å². The van der Waals surface area contributed by atoms with Crippen LogP contribution in [0.25, 0.3) is 0 Å². The molecule has 5 unspecified atom stereocenters. The number of carbonyl (C=O) groups excluding carboxylic acids is 1. The molecule has 2 aliphatic rings. The summed E-state index contributed by atoms with van der Waals surface area (Å²) in [4.78, 5) is 24.6. The van der Waals surface area contributed by atoms with Gasteiger partial charge in [-0.3, -0.25) is 9.59 Å². The fraction of sp³-hybridized carbons (Fsp3) is 0.550. The van der Waals surface area contributed by atoms with Crippen LogP contribution in [0.4, 0.5) is 0 Å². The smallest absolute Gasteiger partial charge is 0.307 e. The average molecular weight is 356 g/mol. The highest BCUT2D eigenvalue weighted by atomic mass is 16.5. The third-order valence-corrected chi connectivity index (χ3v) is 6.66. The van der Waals surface area contributed by atoms with Gasteiger partial charge in [0.05, 0.1) is 25.6 Å². The van der Waals surface area contributed by atoms with Gasteiger partial charge in [0.15, 0.2) is 5.78 Å². The normalized spacial score (nSPS) is 34.6. The van der Waals surface area contributed by atoms with Gasteiger partial charge >= 0.3 is 5.97 Å². The van der Waals surface area contributed by atoms with E-state index in [2.05, 4.69) is 6.07 Å². The third-order valence-electron chi connectivity index (χ3n) is 6.66. The highest BCUT2D eigenvalue weighted by Crippen LogP contribution is 2.79. The van der Waals surface area contributed by atoms with Crippen LogP contribution in [0.2, 0.25) is 0 Å². The molecular weight excluding hydrogens is 332 g/mol. The topological polar surface area (TPSA) is 113 Å². The maximum absolute atomic E-state index is 12.9. The SMILES string of the molecule is CCC12C(CC(Cc3cccc(OC)c3)C1(C#N)C(=O)CN)C2C(=O)O. The van der Waals surface area contributed by atoms with Gasteiger partial charge < -0.3 is 15.6 Å². The minimum atomic E-state index is -1.34. The van der Waals surface area contributed by atoms with E-state index in [1.807, 2.05) is 31.2 Å². The Hall–Kier alpha value is -2.39. The van der Waals surface area contributed by atoms with Gasteiger partial charge in [0, 0.05) is 5.41 Å². The average Bonchev–Trinajstić information content (AvgIpc) is 3.23. The minimum Gasteiger partial charge on any atom is -0.497 e. The molecule has 6 nitrogen and oxygen atoms in total. The minimum absolute atomic E-state index is 0.143. The van der Waals surface area contributed by atoms with Gasteiger partial charge in [-0.1, -0.05) is 19.1 Å². The summed E-state index contributed by atoms with van der Waals surface area (Å²) in [5.74, 6) is -1.55. The number of benzene rings is 1. The fourth-order valence-electron chi connectivity index (χ4n) is 5.65. The number of nitrogens with two attached hydrogens (primary N) is 1. The van der Waals surface area contributed by atoms with Crippen molar-refractivity contribution < 1.29 is 19.4 Å². The first-order valence-corrected chi connectivity index (χ1v) is 8.93. The maximum atomic E-state index is 12.9. The molecular formula is C20H24N2O4. The molecule has 0 aromatic heterocycles. The second-order valence-electron chi connectivity index (χ2n) is 7.35. The Morgan fingerprint density at radius 2 is 2.19 bits per heavy atom. The van der Waals surface area contributed by atoms with E-state index in [0.29, 0.717) is 25.0 Å². The molecule has 0 saturated heterocycles. The van der Waals surface area contributed by atoms with Crippen molar-refractivity contribution in [3.05, 3.63) is 29.8 Å². The summed E-state index contributed by atoms with van der Waals surface area (Å²) in [7, 11) is 1.59. The first-order valence-electron chi connectivity index (χ1n) is 8.93. The molecule has 0 aliphatic heterocycles. The van der Waals surface area contributed by atoms with Crippen LogP contribution in [0.5, 0.6) is 5.75 Å². The van der Waals surface area contributed by atoms with E-state index in [4.69, 9.17) is 10.5 Å². The van der Waals surface area contributed by atoms with Crippen LogP contribution in [-0.2, 0) is 16.0 Å². The first-order chi connectivity index (χ1) is 12.4. The second kappa shape index (κ2) is 6.40. The molecule has 0 heterocycles. The van der Waals surface area contributed by atoms with Gasteiger partial charge in [-0.05, 0) is 48.8 Å². The number of Topliss-reactive ketones (excluding diaryl/α,β-unsaturated/α-hetero) is 1. The molecule has 5 atom stereocenters. The van der Waals surface area contributed by atoms with Crippen LogP contribution in [0.1, 0.15) is 25.3 Å². The number of nitrogens with zero attached hydrogens (tertiary/aromatic N) is 1. The zero-order chi connectivity index (χ0) is 19.1. The van der Waals surface area contributed by atoms with Crippen LogP contribution in [-0.4, -0.2) is 30.5 Å². The number of rotatable bonds is 7. The number of ketones is 1. The molecule has 1 aromatic rings. The zero-order valence-electron chi connectivity index (χ0n) is 15.1. The Labute approximate surface area is 152 Å². The standard InChI is InChI=1S/C20H24N2O4/c1-3-19-15(17(19)18(24)25)9-13(20(19,11-22)16(23)10-21)7-12-5-4-6-14(8-12)26-2/h4-6,8,13,15,17H,3,7,9-10,21H2,1-2H3,(H,24,25). The van der Waals surface area contributed by atoms with Crippen LogP contribution in [0, 0.1) is 39.9 Å². The molecule has 3 rings (SSSR count). The number of hydrogen-bond donors (Lipinski definition) is 2. The van der Waals surface area contributed by atoms with Crippen molar-refractivity contribution in [1.82, 2.24) is 0 Å². The van der Waals surface area contributed by atoms with E-state index < -0.39 is 22.7 Å². The number of hydrogen-bond acceptors (Lipinski definition) is 5. The van der Waals surface area contributed by atoms with Gasteiger partial charge in [0.1, 0.15) is 11.2 Å². The first kappa shape index (κ1) is 18.4. The van der Waals surface area contributed by atoms with Crippen LogP contribution >= 0.6 is 0 Å². The van der Waals surface area contributed by atoms with Crippen molar-refractivity contribution in [2.75, 3.05) is 13.7 Å². The lowest BCUT2D eigenvalue weighted by atomic mass is 9.61. The summed E-state index contributed by atoms with van der Waals surface area (Å²) in [5, 5.41) is 19.7. The number of carbonyl (C=O) groups is 2. The molecule has 0 spiro atoms. The van der Waals surface area contributed by atoms with E-state index in [1.54, 1.807) is 7.11 Å². The molecule has 2 saturated carbocycles.